The summed E-state index contributed by atoms with van der Waals surface area (Å²) in [4.78, 5) is 9.02. The van der Waals surface area contributed by atoms with Crippen molar-refractivity contribution in [3.63, 3.8) is 0 Å². The first-order valence-corrected chi connectivity index (χ1v) is 7.49. The fourth-order valence-corrected chi connectivity index (χ4v) is 2.44. The second-order valence-corrected chi connectivity index (χ2v) is 7.01. The van der Waals surface area contributed by atoms with Gasteiger partial charge in [-0.05, 0) is 26.2 Å². The molecule has 1 fully saturated rings. The summed E-state index contributed by atoms with van der Waals surface area (Å²) in [6.07, 6.45) is 3.42. The Labute approximate surface area is 126 Å². The van der Waals surface area contributed by atoms with Gasteiger partial charge in [-0.15, -0.1) is 0 Å². The average molecular weight is 298 g/mol. The van der Waals surface area contributed by atoms with Crippen molar-refractivity contribution in [1.82, 2.24) is 9.97 Å². The largest absolute Gasteiger partial charge is 0.376 e. The van der Waals surface area contributed by atoms with Crippen LogP contribution in [0.25, 0.3) is 0 Å². The molecule has 0 unspecified atom stereocenters. The molecule has 0 amide bonds. The molecule has 1 aliphatic carbocycles. The Kier molecular flexibility index (Phi) is 4.26. The smallest absolute Gasteiger partial charge is 0.137 e. The Morgan fingerprint density at radius 1 is 1.30 bits per heavy atom. The van der Waals surface area contributed by atoms with Crippen molar-refractivity contribution >= 4 is 17.4 Å². The van der Waals surface area contributed by atoms with E-state index in [1.165, 1.54) is 6.42 Å². The number of ether oxygens (including phenoxy) is 1. The van der Waals surface area contributed by atoms with Gasteiger partial charge >= 0.3 is 0 Å². The van der Waals surface area contributed by atoms with Gasteiger partial charge in [0.05, 0.1) is 5.60 Å². The highest BCUT2D eigenvalue weighted by Crippen LogP contribution is 2.35. The summed E-state index contributed by atoms with van der Waals surface area (Å²) < 4.78 is 5.62. The van der Waals surface area contributed by atoms with Crippen LogP contribution in [0.5, 0.6) is 0 Å². The lowest BCUT2D eigenvalue weighted by molar-refractivity contribution is -0.0601. The van der Waals surface area contributed by atoms with E-state index in [1.54, 1.807) is 7.11 Å². The predicted molar refractivity (Wildman–Crippen MR) is 82.6 cm³/mol. The van der Waals surface area contributed by atoms with E-state index in [0.717, 1.165) is 36.6 Å². The number of aromatic nitrogens is 2. The number of hydrogen-bond acceptors (Lipinski definition) is 4. The maximum Gasteiger partial charge on any atom is 0.137 e. The SMILES string of the molecule is COC1(CNc2nc(C(C)(C)C)nc(Cl)c2C)CCC1. The van der Waals surface area contributed by atoms with Crippen LogP contribution in [0.15, 0.2) is 0 Å². The maximum absolute atomic E-state index is 6.23. The van der Waals surface area contributed by atoms with Crippen LogP contribution < -0.4 is 5.32 Å². The van der Waals surface area contributed by atoms with Crippen LogP contribution in [0.2, 0.25) is 5.15 Å². The normalized spacial score (nSPS) is 17.7. The van der Waals surface area contributed by atoms with Crippen molar-refractivity contribution in [1.29, 1.82) is 0 Å². The molecule has 0 atom stereocenters. The molecule has 0 saturated heterocycles. The minimum Gasteiger partial charge on any atom is -0.376 e. The zero-order valence-electron chi connectivity index (χ0n) is 13.0. The monoisotopic (exact) mass is 297 g/mol. The van der Waals surface area contributed by atoms with E-state index in [0.29, 0.717) is 5.15 Å². The van der Waals surface area contributed by atoms with Gasteiger partial charge in [-0.3, -0.25) is 0 Å². The van der Waals surface area contributed by atoms with E-state index in [2.05, 4.69) is 36.1 Å². The van der Waals surface area contributed by atoms with Gasteiger partial charge in [0.25, 0.3) is 0 Å². The molecule has 0 aromatic carbocycles. The van der Waals surface area contributed by atoms with Crippen LogP contribution in [0, 0.1) is 6.92 Å². The predicted octanol–water partition coefficient (Wildman–Crippen LogP) is 3.72. The molecule has 4 nitrogen and oxygen atoms in total. The summed E-state index contributed by atoms with van der Waals surface area (Å²) in [7, 11) is 1.78. The standard InChI is InChI=1S/C15H24ClN3O/c1-10-11(16)18-13(14(2,3)4)19-12(10)17-9-15(20-5)7-6-8-15/h6-9H2,1-5H3,(H,17,18,19). The highest BCUT2D eigenvalue weighted by Gasteiger charge is 2.37. The zero-order chi connectivity index (χ0) is 15.0. The molecular formula is C15H24ClN3O. The fourth-order valence-electron chi connectivity index (χ4n) is 2.27. The van der Waals surface area contributed by atoms with E-state index in [9.17, 15) is 0 Å². The third kappa shape index (κ3) is 3.07. The van der Waals surface area contributed by atoms with E-state index in [4.69, 9.17) is 16.3 Å². The number of nitrogens with one attached hydrogen (secondary N) is 1. The van der Waals surface area contributed by atoms with Crippen LogP contribution >= 0.6 is 11.6 Å². The topological polar surface area (TPSA) is 47.0 Å². The molecular weight excluding hydrogens is 274 g/mol. The van der Waals surface area contributed by atoms with Crippen molar-refractivity contribution in [3.8, 4) is 0 Å². The third-order valence-corrected chi connectivity index (χ3v) is 4.40. The van der Waals surface area contributed by atoms with Gasteiger partial charge in [0.15, 0.2) is 0 Å². The molecule has 2 rings (SSSR count). The van der Waals surface area contributed by atoms with Gasteiger partial charge in [-0.25, -0.2) is 9.97 Å². The fraction of sp³-hybridized carbons (Fsp3) is 0.733. The minimum absolute atomic E-state index is 0.0360. The summed E-state index contributed by atoms with van der Waals surface area (Å²) >= 11 is 6.23. The first-order valence-electron chi connectivity index (χ1n) is 7.11. The Balaban J connectivity index is 2.20. The van der Waals surface area contributed by atoms with E-state index in [-0.39, 0.29) is 11.0 Å². The van der Waals surface area contributed by atoms with Gasteiger partial charge in [0.1, 0.15) is 16.8 Å². The van der Waals surface area contributed by atoms with Crippen molar-refractivity contribution in [2.24, 2.45) is 0 Å². The van der Waals surface area contributed by atoms with Crippen LogP contribution in [0.4, 0.5) is 5.82 Å². The lowest BCUT2D eigenvalue weighted by Gasteiger charge is -2.40. The average Bonchev–Trinajstić information content (AvgIpc) is 2.31. The molecule has 20 heavy (non-hydrogen) atoms. The first-order chi connectivity index (χ1) is 9.27. The van der Waals surface area contributed by atoms with Crippen LogP contribution in [0.3, 0.4) is 0 Å². The summed E-state index contributed by atoms with van der Waals surface area (Å²) in [6.45, 7) is 8.96. The Bertz CT molecular complexity index is 487. The molecule has 1 aliphatic rings. The third-order valence-electron chi connectivity index (χ3n) is 4.03. The highest BCUT2D eigenvalue weighted by molar-refractivity contribution is 6.30. The number of methoxy groups -OCH3 is 1. The summed E-state index contributed by atoms with van der Waals surface area (Å²) in [6, 6.07) is 0. The minimum atomic E-state index is -0.122. The van der Waals surface area contributed by atoms with Crippen LogP contribution in [-0.4, -0.2) is 29.2 Å². The first kappa shape index (κ1) is 15.5. The molecule has 0 bridgehead atoms. The summed E-state index contributed by atoms with van der Waals surface area (Å²) in [5.41, 5.74) is 0.736. The van der Waals surface area contributed by atoms with Gasteiger partial charge in [0.2, 0.25) is 0 Å². The number of anilines is 1. The van der Waals surface area contributed by atoms with Gasteiger partial charge in [-0.2, -0.15) is 0 Å². The molecule has 1 heterocycles. The molecule has 0 spiro atoms. The zero-order valence-corrected chi connectivity index (χ0v) is 13.8. The van der Waals surface area contributed by atoms with Gasteiger partial charge in [0, 0.05) is 24.6 Å². The van der Waals surface area contributed by atoms with E-state index < -0.39 is 0 Å². The number of nitrogens with zero attached hydrogens (tertiary/aromatic N) is 2. The molecule has 0 aliphatic heterocycles. The number of rotatable bonds is 4. The molecule has 1 saturated carbocycles. The summed E-state index contributed by atoms with van der Waals surface area (Å²) in [5.74, 6) is 1.58. The molecule has 5 heteroatoms. The lowest BCUT2D eigenvalue weighted by Crippen LogP contribution is -2.45. The Morgan fingerprint density at radius 2 is 1.95 bits per heavy atom. The number of hydrogen-bond donors (Lipinski definition) is 1. The second kappa shape index (κ2) is 5.49. The maximum atomic E-state index is 6.23. The van der Waals surface area contributed by atoms with Gasteiger partial charge in [-0.1, -0.05) is 32.4 Å². The molecule has 0 radical (unpaired) electrons. The van der Waals surface area contributed by atoms with E-state index in [1.807, 2.05) is 6.92 Å². The molecule has 1 N–H and O–H groups in total. The van der Waals surface area contributed by atoms with Crippen LogP contribution in [0.1, 0.15) is 51.4 Å². The highest BCUT2D eigenvalue weighted by atomic mass is 35.5. The Hall–Kier alpha value is -0.870. The van der Waals surface area contributed by atoms with Gasteiger partial charge < -0.3 is 10.1 Å². The van der Waals surface area contributed by atoms with Crippen molar-refractivity contribution < 1.29 is 4.74 Å². The Morgan fingerprint density at radius 3 is 2.40 bits per heavy atom. The lowest BCUT2D eigenvalue weighted by atomic mass is 9.80. The van der Waals surface area contributed by atoms with Crippen molar-refractivity contribution in [2.45, 2.75) is 58.0 Å². The second-order valence-electron chi connectivity index (χ2n) is 6.66. The number of halogens is 1. The van der Waals surface area contributed by atoms with E-state index >= 15 is 0 Å². The molecule has 1 aromatic rings. The van der Waals surface area contributed by atoms with Crippen LogP contribution in [-0.2, 0) is 10.2 Å². The quantitative estimate of drug-likeness (QED) is 0.861. The summed E-state index contributed by atoms with van der Waals surface area (Å²) in [5, 5.41) is 3.92. The van der Waals surface area contributed by atoms with Crippen molar-refractivity contribution in [2.75, 3.05) is 19.0 Å². The van der Waals surface area contributed by atoms with Crippen molar-refractivity contribution in [3.05, 3.63) is 16.5 Å². The molecule has 112 valence electrons. The molecule has 1 aromatic heterocycles.